The Hall–Kier alpha value is -1.65. The van der Waals surface area contributed by atoms with Crippen molar-refractivity contribution >= 4 is 5.97 Å². The Labute approximate surface area is 80.7 Å². The highest BCUT2D eigenvalue weighted by molar-refractivity contribution is 5.72. The molecule has 0 unspecified atom stereocenters. The molecule has 1 aromatic heterocycles. The highest BCUT2D eigenvalue weighted by Crippen LogP contribution is 2.16. The molecule has 0 N–H and O–H groups in total. The molecule has 0 amide bonds. The summed E-state index contributed by atoms with van der Waals surface area (Å²) in [4.78, 5) is 14.5. The first-order valence-corrected chi connectivity index (χ1v) is 3.93. The summed E-state index contributed by atoms with van der Waals surface area (Å²) in [6.45, 7) is 0. The average Bonchev–Trinajstić information content (AvgIpc) is 2.18. The van der Waals surface area contributed by atoms with Crippen LogP contribution in [0.5, 0.6) is 5.75 Å². The number of nitrogens with zero attached hydrogens (tertiary/aromatic N) is 1. The number of carbonyl (C=O) groups excluding carboxylic acids is 1. The third-order valence-electron chi connectivity index (χ3n) is 1.66. The van der Waals surface area contributed by atoms with Gasteiger partial charge in [-0.2, -0.15) is 4.39 Å². The molecule has 76 valence electrons. The molecule has 0 aliphatic carbocycles. The molecule has 1 heterocycles. The molecule has 5 heteroatoms. The lowest BCUT2D eigenvalue weighted by Crippen LogP contribution is -2.08. The maximum absolute atomic E-state index is 12.7. The zero-order valence-electron chi connectivity index (χ0n) is 7.91. The zero-order chi connectivity index (χ0) is 10.6. The van der Waals surface area contributed by atoms with Crippen LogP contribution in [0.4, 0.5) is 4.39 Å². The number of ether oxygens (including phenoxy) is 2. The average molecular weight is 199 g/mol. The number of hydrogen-bond acceptors (Lipinski definition) is 4. The highest BCUT2D eigenvalue weighted by atomic mass is 19.1. The summed E-state index contributed by atoms with van der Waals surface area (Å²) in [5, 5.41) is 0. The van der Waals surface area contributed by atoms with Gasteiger partial charge in [0.2, 0.25) is 5.95 Å². The van der Waals surface area contributed by atoms with Gasteiger partial charge in [-0.25, -0.2) is 4.98 Å². The standard InChI is InChI=1S/C9H10FNO3/c1-13-7-3-4-8(10)11-6(7)5-9(12)14-2/h3-4H,5H2,1-2H3. The Balaban J connectivity index is 2.93. The summed E-state index contributed by atoms with van der Waals surface area (Å²) in [7, 11) is 2.68. The minimum atomic E-state index is -0.648. The van der Waals surface area contributed by atoms with Gasteiger partial charge in [-0.05, 0) is 12.1 Å². The Kier molecular flexibility index (Phi) is 3.39. The minimum absolute atomic E-state index is 0.0998. The van der Waals surface area contributed by atoms with E-state index in [1.807, 2.05) is 0 Å². The number of rotatable bonds is 3. The number of halogens is 1. The van der Waals surface area contributed by atoms with Gasteiger partial charge >= 0.3 is 5.97 Å². The van der Waals surface area contributed by atoms with Crippen molar-refractivity contribution in [1.29, 1.82) is 0 Å². The lowest BCUT2D eigenvalue weighted by atomic mass is 10.2. The van der Waals surface area contributed by atoms with Crippen LogP contribution in [0.3, 0.4) is 0 Å². The van der Waals surface area contributed by atoms with E-state index in [9.17, 15) is 9.18 Å². The number of esters is 1. The van der Waals surface area contributed by atoms with Crippen LogP contribution in [0.15, 0.2) is 12.1 Å². The van der Waals surface area contributed by atoms with Gasteiger partial charge in [0.05, 0.1) is 26.3 Å². The summed E-state index contributed by atoms with van der Waals surface area (Å²) in [6.07, 6.45) is -0.0998. The molecule has 1 aromatic rings. The summed E-state index contributed by atoms with van der Waals surface area (Å²) in [6, 6.07) is 2.58. The minimum Gasteiger partial charge on any atom is -0.495 e. The molecular formula is C9H10FNO3. The third-order valence-corrected chi connectivity index (χ3v) is 1.66. The van der Waals surface area contributed by atoms with Gasteiger partial charge in [-0.15, -0.1) is 0 Å². The van der Waals surface area contributed by atoms with E-state index < -0.39 is 11.9 Å². The predicted molar refractivity (Wildman–Crippen MR) is 46.5 cm³/mol. The van der Waals surface area contributed by atoms with Crippen molar-refractivity contribution in [2.45, 2.75) is 6.42 Å². The van der Waals surface area contributed by atoms with E-state index in [0.717, 1.165) is 0 Å². The third kappa shape index (κ3) is 2.42. The molecule has 0 saturated carbocycles. The number of aromatic nitrogens is 1. The Bertz CT molecular complexity index is 341. The van der Waals surface area contributed by atoms with Crippen molar-refractivity contribution in [2.24, 2.45) is 0 Å². The zero-order valence-corrected chi connectivity index (χ0v) is 7.91. The van der Waals surface area contributed by atoms with E-state index in [1.165, 1.54) is 26.4 Å². The molecule has 0 spiro atoms. The maximum Gasteiger partial charge on any atom is 0.311 e. The fourth-order valence-corrected chi connectivity index (χ4v) is 0.983. The normalized spacial score (nSPS) is 9.64. The maximum atomic E-state index is 12.7. The highest BCUT2D eigenvalue weighted by Gasteiger charge is 2.11. The summed E-state index contributed by atoms with van der Waals surface area (Å²) in [5.41, 5.74) is 0.236. The molecule has 0 aromatic carbocycles. The number of hydrogen-bond donors (Lipinski definition) is 0. The monoisotopic (exact) mass is 199 g/mol. The van der Waals surface area contributed by atoms with Crippen molar-refractivity contribution in [1.82, 2.24) is 4.98 Å². The van der Waals surface area contributed by atoms with E-state index in [4.69, 9.17) is 4.74 Å². The Morgan fingerprint density at radius 2 is 2.21 bits per heavy atom. The van der Waals surface area contributed by atoms with Crippen molar-refractivity contribution in [2.75, 3.05) is 14.2 Å². The van der Waals surface area contributed by atoms with Crippen molar-refractivity contribution < 1.29 is 18.7 Å². The summed E-state index contributed by atoms with van der Waals surface area (Å²) in [5.74, 6) is -0.761. The number of pyridine rings is 1. The van der Waals surface area contributed by atoms with Gasteiger partial charge in [0.15, 0.2) is 0 Å². The van der Waals surface area contributed by atoms with Gasteiger partial charge in [0, 0.05) is 0 Å². The van der Waals surface area contributed by atoms with Crippen LogP contribution in [0, 0.1) is 5.95 Å². The quantitative estimate of drug-likeness (QED) is 0.537. The van der Waals surface area contributed by atoms with Crippen LogP contribution in [0.25, 0.3) is 0 Å². The van der Waals surface area contributed by atoms with Gasteiger partial charge in [0.1, 0.15) is 5.75 Å². The predicted octanol–water partition coefficient (Wildman–Crippen LogP) is 0.945. The first-order valence-electron chi connectivity index (χ1n) is 3.93. The SMILES string of the molecule is COC(=O)Cc1nc(F)ccc1OC. The lowest BCUT2D eigenvalue weighted by Gasteiger charge is -2.05. The summed E-state index contributed by atoms with van der Waals surface area (Å²) < 4.78 is 22.1. The van der Waals surface area contributed by atoms with Crippen LogP contribution in [0.2, 0.25) is 0 Å². The van der Waals surface area contributed by atoms with Crippen LogP contribution >= 0.6 is 0 Å². The number of methoxy groups -OCH3 is 2. The molecule has 4 nitrogen and oxygen atoms in total. The van der Waals surface area contributed by atoms with Gasteiger partial charge in [-0.1, -0.05) is 0 Å². The second-order valence-electron chi connectivity index (χ2n) is 2.54. The molecular weight excluding hydrogens is 189 g/mol. The largest absolute Gasteiger partial charge is 0.495 e. The molecule has 0 saturated heterocycles. The van der Waals surface area contributed by atoms with Crippen LogP contribution in [0.1, 0.15) is 5.69 Å². The molecule has 0 aliphatic heterocycles. The first kappa shape index (κ1) is 10.4. The summed E-state index contributed by atoms with van der Waals surface area (Å²) >= 11 is 0. The van der Waals surface area contributed by atoms with Crippen molar-refractivity contribution in [3.63, 3.8) is 0 Å². The van der Waals surface area contributed by atoms with Crippen LogP contribution < -0.4 is 4.74 Å². The van der Waals surface area contributed by atoms with E-state index in [1.54, 1.807) is 0 Å². The van der Waals surface area contributed by atoms with Crippen molar-refractivity contribution in [3.05, 3.63) is 23.8 Å². The Morgan fingerprint density at radius 1 is 1.50 bits per heavy atom. The van der Waals surface area contributed by atoms with E-state index in [-0.39, 0.29) is 12.1 Å². The topological polar surface area (TPSA) is 48.4 Å². The second-order valence-corrected chi connectivity index (χ2v) is 2.54. The smallest absolute Gasteiger partial charge is 0.311 e. The fourth-order valence-electron chi connectivity index (χ4n) is 0.983. The molecule has 0 radical (unpaired) electrons. The van der Waals surface area contributed by atoms with E-state index >= 15 is 0 Å². The van der Waals surface area contributed by atoms with Gasteiger partial charge in [0.25, 0.3) is 0 Å². The van der Waals surface area contributed by atoms with E-state index in [0.29, 0.717) is 5.75 Å². The van der Waals surface area contributed by atoms with Gasteiger partial charge < -0.3 is 9.47 Å². The molecule has 0 atom stereocenters. The fraction of sp³-hybridized carbons (Fsp3) is 0.333. The second kappa shape index (κ2) is 4.55. The molecule has 14 heavy (non-hydrogen) atoms. The van der Waals surface area contributed by atoms with Crippen LogP contribution in [-0.2, 0) is 16.0 Å². The molecule has 0 fully saturated rings. The first-order chi connectivity index (χ1) is 6.67. The lowest BCUT2D eigenvalue weighted by molar-refractivity contribution is -0.139. The van der Waals surface area contributed by atoms with Gasteiger partial charge in [-0.3, -0.25) is 4.79 Å². The molecule has 0 bridgehead atoms. The van der Waals surface area contributed by atoms with Crippen molar-refractivity contribution in [3.8, 4) is 5.75 Å². The Morgan fingerprint density at radius 3 is 2.79 bits per heavy atom. The molecule has 0 aliphatic rings. The number of carbonyl (C=O) groups is 1. The van der Waals surface area contributed by atoms with Crippen LogP contribution in [-0.4, -0.2) is 25.2 Å². The van der Waals surface area contributed by atoms with E-state index in [2.05, 4.69) is 9.72 Å². The molecule has 1 rings (SSSR count).